The summed E-state index contributed by atoms with van der Waals surface area (Å²) < 4.78 is 22.4. The largest absolute Gasteiger partial charge is 0.480 e. The van der Waals surface area contributed by atoms with E-state index < -0.39 is 24.2 Å². The minimum atomic E-state index is -1.76. The zero-order valence-electron chi connectivity index (χ0n) is 19.8. The van der Waals surface area contributed by atoms with Crippen molar-refractivity contribution in [3.63, 3.8) is 0 Å². The van der Waals surface area contributed by atoms with Gasteiger partial charge in [-0.2, -0.15) is 10.4 Å². The van der Waals surface area contributed by atoms with E-state index in [0.717, 1.165) is 0 Å². The van der Waals surface area contributed by atoms with E-state index >= 15 is 4.39 Å². The van der Waals surface area contributed by atoms with Crippen molar-refractivity contribution in [2.75, 3.05) is 18.6 Å². The molecule has 0 aromatic carbocycles. The molecular weight excluding hydrogens is 467 g/mol. The van der Waals surface area contributed by atoms with E-state index in [2.05, 4.69) is 20.1 Å². The normalized spacial score (nSPS) is 12.2. The average Bonchev–Trinajstić information content (AvgIpc) is 3.28. The molecule has 11 nitrogen and oxygen atoms in total. The minimum absolute atomic E-state index is 0.0285. The summed E-state index contributed by atoms with van der Waals surface area (Å²) in [5.41, 5.74) is 5.97. The number of pyridine rings is 1. The van der Waals surface area contributed by atoms with Gasteiger partial charge < -0.3 is 20.5 Å². The summed E-state index contributed by atoms with van der Waals surface area (Å²) in [6, 6.07) is 8.69. The highest BCUT2D eigenvalue weighted by Gasteiger charge is 2.33. The van der Waals surface area contributed by atoms with E-state index in [1.807, 2.05) is 6.07 Å². The molecule has 4 heterocycles. The summed E-state index contributed by atoms with van der Waals surface area (Å²) in [5.74, 6) is -0.443. The van der Waals surface area contributed by atoms with Gasteiger partial charge in [0.05, 0.1) is 53.5 Å². The Morgan fingerprint density at radius 2 is 2.11 bits per heavy atom. The number of hydrogen-bond acceptors (Lipinski definition) is 9. The molecule has 0 unspecified atom stereocenters. The van der Waals surface area contributed by atoms with Gasteiger partial charge in [-0.1, -0.05) is 0 Å². The highest BCUT2D eigenvalue weighted by atomic mass is 19.1. The van der Waals surface area contributed by atoms with Crippen LogP contribution in [-0.2, 0) is 0 Å². The second kappa shape index (κ2) is 9.55. The number of primary amides is 1. The molecule has 4 rings (SSSR count). The molecule has 1 amide bonds. The maximum absolute atomic E-state index is 15.3. The Morgan fingerprint density at radius 3 is 2.78 bits per heavy atom. The van der Waals surface area contributed by atoms with E-state index in [0.29, 0.717) is 22.3 Å². The number of fused-ring (bicyclic) bond motifs is 1. The van der Waals surface area contributed by atoms with Gasteiger partial charge in [0.1, 0.15) is 29.9 Å². The third-order valence-electron chi connectivity index (χ3n) is 5.59. The van der Waals surface area contributed by atoms with Gasteiger partial charge in [-0.05, 0) is 38.1 Å². The van der Waals surface area contributed by atoms with Gasteiger partial charge in [0, 0.05) is 12.4 Å². The lowest BCUT2D eigenvalue weighted by Crippen LogP contribution is -2.41. The maximum atomic E-state index is 15.3. The summed E-state index contributed by atoms with van der Waals surface area (Å²) in [4.78, 5) is 26.2. The monoisotopic (exact) mass is 490 g/mol. The first-order chi connectivity index (χ1) is 17.2. The topological polar surface area (TPSA) is 156 Å². The number of carbonyl (C=O) groups excluding carboxylic acids is 1. The Hall–Kier alpha value is -4.63. The van der Waals surface area contributed by atoms with E-state index in [9.17, 15) is 15.2 Å². The lowest BCUT2D eigenvalue weighted by molar-refractivity contribution is 0.00141. The SMILES string of the molecule is COc1ncnc(N(C[C@@H](F)C(C)(C)O)c2ccncc2C(N)=O)c1-c1ccc2cc(C#N)cnn12. The van der Waals surface area contributed by atoms with Crippen LogP contribution in [0.25, 0.3) is 16.8 Å². The smallest absolute Gasteiger partial charge is 0.252 e. The summed E-state index contributed by atoms with van der Waals surface area (Å²) in [7, 11) is 1.42. The second-order valence-corrected chi connectivity index (χ2v) is 8.48. The molecule has 0 radical (unpaired) electrons. The summed E-state index contributed by atoms with van der Waals surface area (Å²) in [5, 5.41) is 23.9. The Bertz CT molecular complexity index is 1470. The highest BCUT2D eigenvalue weighted by Crippen LogP contribution is 2.40. The number of methoxy groups -OCH3 is 1. The van der Waals surface area contributed by atoms with Crippen LogP contribution in [0.2, 0.25) is 0 Å². The van der Waals surface area contributed by atoms with Crippen LogP contribution in [0.4, 0.5) is 15.9 Å². The third kappa shape index (κ3) is 4.51. The van der Waals surface area contributed by atoms with Crippen LogP contribution in [0.15, 0.2) is 49.2 Å². The Kier molecular flexibility index (Phi) is 6.50. The number of hydrogen-bond donors (Lipinski definition) is 2. The lowest BCUT2D eigenvalue weighted by Gasteiger charge is -2.32. The van der Waals surface area contributed by atoms with Gasteiger partial charge in [-0.25, -0.2) is 18.9 Å². The molecule has 4 aromatic rings. The molecule has 184 valence electrons. The summed E-state index contributed by atoms with van der Waals surface area (Å²) in [6.45, 7) is 2.29. The highest BCUT2D eigenvalue weighted by molar-refractivity contribution is 6.00. The number of ether oxygens (including phenoxy) is 1. The zero-order valence-corrected chi connectivity index (χ0v) is 19.8. The molecule has 0 aliphatic carbocycles. The van der Waals surface area contributed by atoms with Crippen LogP contribution in [-0.4, -0.2) is 61.0 Å². The number of nitriles is 1. The number of alkyl halides is 1. The van der Waals surface area contributed by atoms with Gasteiger partial charge in [-0.3, -0.25) is 9.78 Å². The van der Waals surface area contributed by atoms with Crippen molar-refractivity contribution in [1.82, 2.24) is 24.6 Å². The fourth-order valence-corrected chi connectivity index (χ4v) is 3.69. The first kappa shape index (κ1) is 24.5. The van der Waals surface area contributed by atoms with E-state index in [-0.39, 0.29) is 22.9 Å². The zero-order chi connectivity index (χ0) is 26.0. The average molecular weight is 490 g/mol. The molecule has 0 aliphatic rings. The number of nitrogens with zero attached hydrogens (tertiary/aromatic N) is 7. The fraction of sp³-hybridized carbons (Fsp3) is 0.250. The van der Waals surface area contributed by atoms with E-state index in [1.165, 1.54) is 56.8 Å². The number of carbonyl (C=O) groups is 1. The van der Waals surface area contributed by atoms with Gasteiger partial charge in [0.25, 0.3) is 5.91 Å². The number of aromatic nitrogens is 5. The van der Waals surface area contributed by atoms with E-state index in [4.69, 9.17) is 10.5 Å². The molecule has 12 heteroatoms. The molecule has 0 saturated carbocycles. The first-order valence-electron chi connectivity index (χ1n) is 10.8. The molecule has 0 saturated heterocycles. The van der Waals surface area contributed by atoms with Gasteiger partial charge >= 0.3 is 0 Å². The third-order valence-corrected chi connectivity index (χ3v) is 5.59. The lowest BCUT2D eigenvalue weighted by atomic mass is 10.0. The fourth-order valence-electron chi connectivity index (χ4n) is 3.69. The number of halogens is 1. The Balaban J connectivity index is 2.01. The number of anilines is 2. The minimum Gasteiger partial charge on any atom is -0.480 e. The van der Waals surface area contributed by atoms with Crippen LogP contribution in [0.1, 0.15) is 29.8 Å². The molecule has 0 spiro atoms. The number of nitrogens with two attached hydrogens (primary N) is 1. The van der Waals surface area contributed by atoms with Crippen molar-refractivity contribution in [1.29, 1.82) is 5.26 Å². The second-order valence-electron chi connectivity index (χ2n) is 8.48. The Morgan fingerprint density at radius 1 is 1.33 bits per heavy atom. The number of rotatable bonds is 8. The predicted molar refractivity (Wildman–Crippen MR) is 128 cm³/mol. The number of aliphatic hydroxyl groups is 1. The van der Waals surface area contributed by atoms with Crippen molar-refractivity contribution < 1.29 is 19.0 Å². The molecule has 0 aliphatic heterocycles. The standard InChI is InChI=1S/C24H23FN8O3/c1-24(2,35)19(25)12-32(17-6-7-28-11-16(17)21(27)34)22-20(23(36-3)30-13-29-22)18-5-4-15-8-14(9-26)10-31-33(15)18/h4-8,10-11,13,19,35H,12H2,1-3H3,(H2,27,34)/t19-/m1/s1. The molecular formula is C24H23FN8O3. The molecule has 36 heavy (non-hydrogen) atoms. The first-order valence-corrected chi connectivity index (χ1v) is 10.8. The van der Waals surface area contributed by atoms with Gasteiger partial charge in [0.2, 0.25) is 5.88 Å². The predicted octanol–water partition coefficient (Wildman–Crippen LogP) is 2.41. The van der Waals surface area contributed by atoms with Crippen LogP contribution >= 0.6 is 0 Å². The van der Waals surface area contributed by atoms with Gasteiger partial charge in [-0.15, -0.1) is 0 Å². The quantitative estimate of drug-likeness (QED) is 0.379. The van der Waals surface area contributed by atoms with Crippen molar-refractivity contribution in [2.24, 2.45) is 5.73 Å². The summed E-state index contributed by atoms with van der Waals surface area (Å²) in [6.07, 6.45) is 3.59. The molecule has 0 bridgehead atoms. The number of amides is 1. The van der Waals surface area contributed by atoms with Crippen LogP contribution in [0, 0.1) is 11.3 Å². The van der Waals surface area contributed by atoms with Crippen molar-refractivity contribution in [2.45, 2.75) is 25.6 Å². The van der Waals surface area contributed by atoms with Gasteiger partial charge in [0.15, 0.2) is 0 Å². The van der Waals surface area contributed by atoms with Crippen molar-refractivity contribution in [3.8, 4) is 23.2 Å². The molecule has 0 fully saturated rings. The van der Waals surface area contributed by atoms with Crippen LogP contribution in [0.5, 0.6) is 5.88 Å². The molecule has 1 atom stereocenters. The van der Waals surface area contributed by atoms with Crippen LogP contribution in [0.3, 0.4) is 0 Å². The maximum Gasteiger partial charge on any atom is 0.252 e. The molecule has 4 aromatic heterocycles. The Labute approximate surface area is 205 Å². The van der Waals surface area contributed by atoms with Crippen molar-refractivity contribution >= 4 is 22.9 Å². The van der Waals surface area contributed by atoms with Crippen LogP contribution < -0.4 is 15.4 Å². The van der Waals surface area contributed by atoms with E-state index in [1.54, 1.807) is 22.7 Å². The van der Waals surface area contributed by atoms with Crippen molar-refractivity contribution in [3.05, 3.63) is 60.3 Å². The summed E-state index contributed by atoms with van der Waals surface area (Å²) >= 11 is 0. The molecule has 3 N–H and O–H groups in total.